The predicted octanol–water partition coefficient (Wildman–Crippen LogP) is 1.74. The van der Waals surface area contributed by atoms with Crippen molar-refractivity contribution in [2.45, 2.75) is 44.9 Å². The van der Waals surface area contributed by atoms with Gasteiger partial charge in [-0.3, -0.25) is 9.59 Å². The fourth-order valence-electron chi connectivity index (χ4n) is 2.25. The van der Waals surface area contributed by atoms with Crippen molar-refractivity contribution in [2.24, 2.45) is 0 Å². The standard InChI is InChI=1S/C14H26N2O3.ClH/c1-19-14(18)8-6-4-2-3-5-7-13(17)16-11-9-15-10-12-16;/h15H,2-12H2,1H3;1H. The second-order valence-corrected chi connectivity index (χ2v) is 4.97. The van der Waals surface area contributed by atoms with Crippen LogP contribution >= 0.6 is 12.4 Å². The molecule has 0 aromatic rings. The summed E-state index contributed by atoms with van der Waals surface area (Å²) in [6.45, 7) is 3.52. The van der Waals surface area contributed by atoms with Gasteiger partial charge < -0.3 is 15.0 Å². The molecule has 1 amide bonds. The number of nitrogens with zero attached hydrogens (tertiary/aromatic N) is 1. The number of esters is 1. The number of hydrogen-bond acceptors (Lipinski definition) is 4. The molecule has 0 aromatic carbocycles. The maximum atomic E-state index is 11.9. The smallest absolute Gasteiger partial charge is 0.305 e. The first-order chi connectivity index (χ1) is 9.24. The molecule has 0 saturated carbocycles. The molecule has 0 bridgehead atoms. The zero-order valence-corrected chi connectivity index (χ0v) is 13.2. The highest BCUT2D eigenvalue weighted by Gasteiger charge is 2.14. The van der Waals surface area contributed by atoms with E-state index in [0.29, 0.717) is 12.8 Å². The van der Waals surface area contributed by atoms with Crippen molar-refractivity contribution in [2.75, 3.05) is 33.3 Å². The van der Waals surface area contributed by atoms with Gasteiger partial charge in [-0.1, -0.05) is 19.3 Å². The molecule has 0 aliphatic carbocycles. The Bertz CT molecular complexity index is 282. The number of piperazine rings is 1. The molecule has 20 heavy (non-hydrogen) atoms. The van der Waals surface area contributed by atoms with Crippen molar-refractivity contribution in [3.05, 3.63) is 0 Å². The normalized spacial score (nSPS) is 14.6. The van der Waals surface area contributed by atoms with Crippen molar-refractivity contribution >= 4 is 24.3 Å². The highest BCUT2D eigenvalue weighted by atomic mass is 35.5. The minimum Gasteiger partial charge on any atom is -0.469 e. The van der Waals surface area contributed by atoms with Gasteiger partial charge in [0.15, 0.2) is 0 Å². The summed E-state index contributed by atoms with van der Waals surface area (Å²) < 4.78 is 4.58. The van der Waals surface area contributed by atoms with E-state index in [1.54, 1.807) is 0 Å². The van der Waals surface area contributed by atoms with Gasteiger partial charge in [0.1, 0.15) is 0 Å². The SMILES string of the molecule is COC(=O)CCCCCCCC(=O)N1CCNCC1.Cl. The third-order valence-electron chi connectivity index (χ3n) is 3.47. The van der Waals surface area contributed by atoms with E-state index in [4.69, 9.17) is 0 Å². The molecule has 1 heterocycles. The summed E-state index contributed by atoms with van der Waals surface area (Å²) in [5.41, 5.74) is 0. The number of halogens is 1. The molecule has 1 aliphatic rings. The zero-order chi connectivity index (χ0) is 13.9. The Hall–Kier alpha value is -0.810. The van der Waals surface area contributed by atoms with E-state index in [-0.39, 0.29) is 24.3 Å². The maximum Gasteiger partial charge on any atom is 0.305 e. The van der Waals surface area contributed by atoms with E-state index >= 15 is 0 Å². The second-order valence-electron chi connectivity index (χ2n) is 4.97. The Labute approximate surface area is 127 Å². The second kappa shape index (κ2) is 12.0. The van der Waals surface area contributed by atoms with Gasteiger partial charge in [0.2, 0.25) is 5.91 Å². The first kappa shape index (κ1) is 19.2. The Balaban J connectivity index is 0.00000361. The molecule has 118 valence electrons. The van der Waals surface area contributed by atoms with Crippen LogP contribution in [0.1, 0.15) is 44.9 Å². The molecule has 6 heteroatoms. The van der Waals surface area contributed by atoms with E-state index in [1.165, 1.54) is 7.11 Å². The average molecular weight is 307 g/mol. The molecular weight excluding hydrogens is 280 g/mol. The van der Waals surface area contributed by atoms with Crippen molar-refractivity contribution in [1.29, 1.82) is 0 Å². The van der Waals surface area contributed by atoms with E-state index in [0.717, 1.165) is 58.3 Å². The molecule has 1 rings (SSSR count). The van der Waals surface area contributed by atoms with Gasteiger partial charge in [0.05, 0.1) is 7.11 Å². The van der Waals surface area contributed by atoms with Crippen LogP contribution in [0.25, 0.3) is 0 Å². The van der Waals surface area contributed by atoms with Gasteiger partial charge in [-0.25, -0.2) is 0 Å². The van der Waals surface area contributed by atoms with Crippen LogP contribution < -0.4 is 5.32 Å². The van der Waals surface area contributed by atoms with Crippen LogP contribution in [0.15, 0.2) is 0 Å². The molecular formula is C14H27ClN2O3. The van der Waals surface area contributed by atoms with E-state index in [1.807, 2.05) is 4.90 Å². The molecule has 1 fully saturated rings. The Kier molecular flexibility index (Phi) is 11.5. The molecule has 0 aromatic heterocycles. The summed E-state index contributed by atoms with van der Waals surface area (Å²) in [6.07, 6.45) is 6.22. The lowest BCUT2D eigenvalue weighted by Gasteiger charge is -2.27. The summed E-state index contributed by atoms with van der Waals surface area (Å²) in [6, 6.07) is 0. The van der Waals surface area contributed by atoms with Crippen LogP contribution in [0.2, 0.25) is 0 Å². The highest BCUT2D eigenvalue weighted by Crippen LogP contribution is 2.09. The van der Waals surface area contributed by atoms with Gasteiger partial charge in [-0.15, -0.1) is 12.4 Å². The largest absolute Gasteiger partial charge is 0.469 e. The maximum absolute atomic E-state index is 11.9. The number of unbranched alkanes of at least 4 members (excludes halogenated alkanes) is 4. The Morgan fingerprint density at radius 2 is 1.55 bits per heavy atom. The van der Waals surface area contributed by atoms with Crippen LogP contribution in [-0.4, -0.2) is 50.1 Å². The third kappa shape index (κ3) is 8.38. The Morgan fingerprint density at radius 3 is 2.15 bits per heavy atom. The number of amides is 1. The van der Waals surface area contributed by atoms with Gasteiger partial charge >= 0.3 is 5.97 Å². The minimum absolute atomic E-state index is 0. The third-order valence-corrected chi connectivity index (χ3v) is 3.47. The minimum atomic E-state index is -0.131. The number of hydrogen-bond donors (Lipinski definition) is 1. The lowest BCUT2D eigenvalue weighted by atomic mass is 10.1. The van der Waals surface area contributed by atoms with Gasteiger partial charge in [0.25, 0.3) is 0 Å². The molecule has 1 saturated heterocycles. The average Bonchev–Trinajstić information content (AvgIpc) is 2.46. The van der Waals surface area contributed by atoms with Gasteiger partial charge in [-0.05, 0) is 12.8 Å². The molecule has 0 atom stereocenters. The molecule has 5 nitrogen and oxygen atoms in total. The van der Waals surface area contributed by atoms with Crippen molar-refractivity contribution in [3.63, 3.8) is 0 Å². The molecule has 1 aliphatic heterocycles. The topological polar surface area (TPSA) is 58.6 Å². The van der Waals surface area contributed by atoms with Crippen LogP contribution in [0.3, 0.4) is 0 Å². The van der Waals surface area contributed by atoms with E-state index in [9.17, 15) is 9.59 Å². The van der Waals surface area contributed by atoms with Crippen LogP contribution in [-0.2, 0) is 14.3 Å². The fourth-order valence-corrected chi connectivity index (χ4v) is 2.25. The molecule has 0 unspecified atom stereocenters. The number of ether oxygens (including phenoxy) is 1. The lowest BCUT2D eigenvalue weighted by Crippen LogP contribution is -2.46. The van der Waals surface area contributed by atoms with Gasteiger partial charge in [-0.2, -0.15) is 0 Å². The predicted molar refractivity (Wildman–Crippen MR) is 81.0 cm³/mol. The Morgan fingerprint density at radius 1 is 1.00 bits per heavy atom. The van der Waals surface area contributed by atoms with E-state index in [2.05, 4.69) is 10.1 Å². The number of methoxy groups -OCH3 is 1. The van der Waals surface area contributed by atoms with E-state index < -0.39 is 0 Å². The first-order valence-corrected chi connectivity index (χ1v) is 7.29. The van der Waals surface area contributed by atoms with Gasteiger partial charge in [0, 0.05) is 39.0 Å². The number of nitrogens with one attached hydrogen (secondary N) is 1. The van der Waals surface area contributed by atoms with Crippen LogP contribution in [0.4, 0.5) is 0 Å². The molecule has 1 N–H and O–H groups in total. The van der Waals surface area contributed by atoms with Crippen molar-refractivity contribution < 1.29 is 14.3 Å². The zero-order valence-electron chi connectivity index (χ0n) is 12.4. The lowest BCUT2D eigenvalue weighted by molar-refractivity contribution is -0.140. The van der Waals surface area contributed by atoms with Crippen molar-refractivity contribution in [3.8, 4) is 0 Å². The summed E-state index contributed by atoms with van der Waals surface area (Å²) >= 11 is 0. The molecule has 0 spiro atoms. The summed E-state index contributed by atoms with van der Waals surface area (Å²) in [4.78, 5) is 24.7. The summed E-state index contributed by atoms with van der Waals surface area (Å²) in [7, 11) is 1.42. The summed E-state index contributed by atoms with van der Waals surface area (Å²) in [5.74, 6) is 0.157. The highest BCUT2D eigenvalue weighted by molar-refractivity contribution is 5.85. The monoisotopic (exact) mass is 306 g/mol. The van der Waals surface area contributed by atoms with Crippen LogP contribution in [0.5, 0.6) is 0 Å². The van der Waals surface area contributed by atoms with Crippen LogP contribution in [0, 0.1) is 0 Å². The fraction of sp³-hybridized carbons (Fsp3) is 0.857. The quantitative estimate of drug-likeness (QED) is 0.548. The summed E-state index contributed by atoms with van der Waals surface area (Å²) in [5, 5.41) is 3.24. The molecule has 0 radical (unpaired) electrons. The number of rotatable bonds is 8. The first-order valence-electron chi connectivity index (χ1n) is 7.29. The van der Waals surface area contributed by atoms with Crippen molar-refractivity contribution in [1.82, 2.24) is 10.2 Å². The number of carbonyl (C=O) groups excluding carboxylic acids is 2. The number of carbonyl (C=O) groups is 2.